The largest absolute Gasteiger partial charge is 0.489 e. The molecule has 0 saturated carbocycles. The zero-order valence-electron chi connectivity index (χ0n) is 7.73. The maximum Gasteiger partial charge on any atom is 0.119 e. The van der Waals surface area contributed by atoms with Crippen LogP contribution in [0.3, 0.4) is 0 Å². The maximum absolute atomic E-state index is 8.80. The van der Waals surface area contributed by atoms with E-state index in [1.54, 1.807) is 0 Å². The molecule has 0 aliphatic rings. The van der Waals surface area contributed by atoms with Gasteiger partial charge in [-0.2, -0.15) is 0 Å². The van der Waals surface area contributed by atoms with E-state index in [0.29, 0.717) is 6.54 Å². The first-order valence-electron chi connectivity index (χ1n) is 4.32. The van der Waals surface area contributed by atoms with Crippen molar-refractivity contribution in [3.05, 3.63) is 29.8 Å². The van der Waals surface area contributed by atoms with Gasteiger partial charge in [-0.25, -0.2) is 0 Å². The normalized spacial score (nSPS) is 12.5. The van der Waals surface area contributed by atoms with Gasteiger partial charge in [-0.05, 0) is 24.6 Å². The lowest BCUT2D eigenvalue weighted by molar-refractivity contribution is 0.229. The van der Waals surface area contributed by atoms with Crippen LogP contribution in [0.2, 0.25) is 0 Å². The van der Waals surface area contributed by atoms with Gasteiger partial charge in [0.1, 0.15) is 11.9 Å². The molecule has 1 atom stereocenters. The summed E-state index contributed by atoms with van der Waals surface area (Å²) in [4.78, 5) is 0. The number of nitrogens with two attached hydrogens (primary N) is 1. The minimum Gasteiger partial charge on any atom is -0.489 e. The van der Waals surface area contributed by atoms with Crippen molar-refractivity contribution in [1.82, 2.24) is 0 Å². The Morgan fingerprint density at radius 2 is 2.00 bits per heavy atom. The van der Waals surface area contributed by atoms with E-state index in [2.05, 4.69) is 0 Å². The number of hydrogen-bond acceptors (Lipinski definition) is 3. The summed E-state index contributed by atoms with van der Waals surface area (Å²) in [6.45, 7) is 2.48. The summed E-state index contributed by atoms with van der Waals surface area (Å²) in [5, 5.41) is 8.80. The van der Waals surface area contributed by atoms with E-state index in [4.69, 9.17) is 15.6 Å². The summed E-state index contributed by atoms with van der Waals surface area (Å²) in [5.41, 5.74) is 6.29. The van der Waals surface area contributed by atoms with Crippen LogP contribution in [0.15, 0.2) is 24.3 Å². The van der Waals surface area contributed by atoms with Crippen LogP contribution in [0, 0.1) is 0 Å². The van der Waals surface area contributed by atoms with E-state index in [1.165, 1.54) is 0 Å². The minimum absolute atomic E-state index is 0.0278. The molecule has 1 rings (SSSR count). The summed E-state index contributed by atoms with van der Waals surface area (Å²) >= 11 is 0. The second-order valence-electron chi connectivity index (χ2n) is 2.97. The van der Waals surface area contributed by atoms with Crippen LogP contribution in [0.1, 0.15) is 12.5 Å². The van der Waals surface area contributed by atoms with E-state index < -0.39 is 0 Å². The molecule has 0 aliphatic heterocycles. The fourth-order valence-corrected chi connectivity index (χ4v) is 0.954. The number of hydrogen-bond donors (Lipinski definition) is 2. The van der Waals surface area contributed by atoms with Crippen molar-refractivity contribution in [2.45, 2.75) is 19.6 Å². The Kier molecular flexibility index (Phi) is 3.73. The topological polar surface area (TPSA) is 55.5 Å². The standard InChI is InChI=1S/C10H15NO2/c1-8(6-11)13-10-4-2-9(7-12)3-5-10/h2-5,8,12H,6-7,11H2,1H3. The molecule has 13 heavy (non-hydrogen) atoms. The molecule has 1 unspecified atom stereocenters. The lowest BCUT2D eigenvalue weighted by atomic mass is 10.2. The molecule has 0 aliphatic carbocycles. The monoisotopic (exact) mass is 181 g/mol. The zero-order chi connectivity index (χ0) is 9.68. The molecule has 1 aromatic carbocycles. The van der Waals surface area contributed by atoms with Crippen LogP contribution in [-0.2, 0) is 6.61 Å². The molecular formula is C10H15NO2. The summed E-state index contributed by atoms with van der Waals surface area (Å²) in [6.07, 6.45) is 0.0278. The van der Waals surface area contributed by atoms with Gasteiger partial charge in [0, 0.05) is 6.54 Å². The van der Waals surface area contributed by atoms with Crippen molar-refractivity contribution in [3.63, 3.8) is 0 Å². The summed E-state index contributed by atoms with van der Waals surface area (Å²) in [7, 11) is 0. The third kappa shape index (κ3) is 3.05. The first kappa shape index (κ1) is 10.0. The lowest BCUT2D eigenvalue weighted by Gasteiger charge is -2.12. The van der Waals surface area contributed by atoms with E-state index in [-0.39, 0.29) is 12.7 Å². The Bertz CT molecular complexity index is 246. The van der Waals surface area contributed by atoms with Crippen molar-refractivity contribution < 1.29 is 9.84 Å². The first-order chi connectivity index (χ1) is 6.26. The van der Waals surface area contributed by atoms with Gasteiger partial charge in [-0.1, -0.05) is 12.1 Å². The summed E-state index contributed by atoms with van der Waals surface area (Å²) in [5.74, 6) is 0.787. The highest BCUT2D eigenvalue weighted by Crippen LogP contribution is 2.13. The second kappa shape index (κ2) is 4.84. The Hall–Kier alpha value is -1.06. The Labute approximate surface area is 78.1 Å². The van der Waals surface area contributed by atoms with Crippen molar-refractivity contribution in [2.75, 3.05) is 6.54 Å². The fourth-order valence-electron chi connectivity index (χ4n) is 0.954. The number of rotatable bonds is 4. The van der Waals surface area contributed by atoms with Crippen molar-refractivity contribution in [3.8, 4) is 5.75 Å². The molecule has 0 heterocycles. The third-order valence-electron chi connectivity index (χ3n) is 1.78. The molecular weight excluding hydrogens is 166 g/mol. The van der Waals surface area contributed by atoms with Gasteiger partial charge in [0.2, 0.25) is 0 Å². The molecule has 0 aromatic heterocycles. The fraction of sp³-hybridized carbons (Fsp3) is 0.400. The highest BCUT2D eigenvalue weighted by molar-refractivity contribution is 5.26. The number of ether oxygens (including phenoxy) is 1. The predicted molar refractivity (Wildman–Crippen MR) is 51.5 cm³/mol. The minimum atomic E-state index is 0.0278. The SMILES string of the molecule is CC(CN)Oc1ccc(CO)cc1. The van der Waals surface area contributed by atoms with Crippen molar-refractivity contribution >= 4 is 0 Å². The van der Waals surface area contributed by atoms with E-state index in [9.17, 15) is 0 Å². The van der Waals surface area contributed by atoms with E-state index >= 15 is 0 Å². The molecule has 0 bridgehead atoms. The molecule has 3 N–H and O–H groups in total. The first-order valence-corrected chi connectivity index (χ1v) is 4.32. The van der Waals surface area contributed by atoms with Crippen LogP contribution in [0.25, 0.3) is 0 Å². The van der Waals surface area contributed by atoms with Crippen molar-refractivity contribution in [2.24, 2.45) is 5.73 Å². The molecule has 0 spiro atoms. The van der Waals surface area contributed by atoms with Gasteiger partial charge in [0.25, 0.3) is 0 Å². The van der Waals surface area contributed by atoms with E-state index in [1.807, 2.05) is 31.2 Å². The molecule has 0 radical (unpaired) electrons. The zero-order valence-corrected chi connectivity index (χ0v) is 7.73. The van der Waals surface area contributed by atoms with E-state index in [0.717, 1.165) is 11.3 Å². The highest BCUT2D eigenvalue weighted by atomic mass is 16.5. The number of benzene rings is 1. The molecule has 0 saturated heterocycles. The van der Waals surface area contributed by atoms with Crippen LogP contribution < -0.4 is 10.5 Å². The van der Waals surface area contributed by atoms with Crippen LogP contribution in [-0.4, -0.2) is 17.8 Å². The Balaban J connectivity index is 2.58. The lowest BCUT2D eigenvalue weighted by Crippen LogP contribution is -2.22. The Morgan fingerprint density at radius 3 is 2.46 bits per heavy atom. The van der Waals surface area contributed by atoms with Gasteiger partial charge in [-0.15, -0.1) is 0 Å². The van der Waals surface area contributed by atoms with Gasteiger partial charge in [0.15, 0.2) is 0 Å². The maximum atomic E-state index is 8.80. The van der Waals surface area contributed by atoms with Gasteiger partial charge in [-0.3, -0.25) is 0 Å². The van der Waals surface area contributed by atoms with Crippen molar-refractivity contribution in [1.29, 1.82) is 0 Å². The quantitative estimate of drug-likeness (QED) is 0.725. The highest BCUT2D eigenvalue weighted by Gasteiger charge is 2.00. The number of aliphatic hydroxyl groups excluding tert-OH is 1. The summed E-state index contributed by atoms with van der Waals surface area (Å²) < 4.78 is 5.46. The average molecular weight is 181 g/mol. The van der Waals surface area contributed by atoms with Gasteiger partial charge < -0.3 is 15.6 Å². The van der Waals surface area contributed by atoms with Crippen LogP contribution >= 0.6 is 0 Å². The molecule has 1 aromatic rings. The van der Waals surface area contributed by atoms with Crippen LogP contribution in [0.4, 0.5) is 0 Å². The second-order valence-corrected chi connectivity index (χ2v) is 2.97. The van der Waals surface area contributed by atoms with Gasteiger partial charge in [0.05, 0.1) is 6.61 Å². The molecule has 3 nitrogen and oxygen atoms in total. The molecule has 3 heteroatoms. The third-order valence-corrected chi connectivity index (χ3v) is 1.78. The van der Waals surface area contributed by atoms with Crippen LogP contribution in [0.5, 0.6) is 5.75 Å². The Morgan fingerprint density at radius 1 is 1.38 bits per heavy atom. The number of aliphatic hydroxyl groups is 1. The average Bonchev–Trinajstić information content (AvgIpc) is 2.19. The molecule has 72 valence electrons. The molecule has 0 fully saturated rings. The smallest absolute Gasteiger partial charge is 0.119 e. The summed E-state index contributed by atoms with van der Waals surface area (Å²) in [6, 6.07) is 7.33. The molecule has 0 amide bonds. The predicted octanol–water partition coefficient (Wildman–Crippen LogP) is 0.905. The van der Waals surface area contributed by atoms with Gasteiger partial charge >= 0.3 is 0 Å².